The van der Waals surface area contributed by atoms with E-state index in [-0.39, 0.29) is 11.8 Å². The Kier molecular flexibility index (Phi) is 6.66. The number of nitrogens with zero attached hydrogens (tertiary/aromatic N) is 2. The number of hydrogen-bond donors (Lipinski definition) is 0. The van der Waals surface area contributed by atoms with Crippen molar-refractivity contribution in [2.75, 3.05) is 54.6 Å². The van der Waals surface area contributed by atoms with Crippen LogP contribution in [0.5, 0.6) is 23.0 Å². The van der Waals surface area contributed by atoms with Crippen molar-refractivity contribution >= 4 is 11.8 Å². The molecule has 0 aliphatic carbocycles. The van der Waals surface area contributed by atoms with Crippen molar-refractivity contribution in [3.05, 3.63) is 47.5 Å². The van der Waals surface area contributed by atoms with Gasteiger partial charge >= 0.3 is 0 Å². The van der Waals surface area contributed by atoms with E-state index in [0.717, 1.165) is 0 Å². The Morgan fingerprint density at radius 1 is 0.633 bits per heavy atom. The summed E-state index contributed by atoms with van der Waals surface area (Å²) in [4.78, 5) is 29.5. The Labute approximate surface area is 175 Å². The maximum Gasteiger partial charge on any atom is 0.257 e. The summed E-state index contributed by atoms with van der Waals surface area (Å²) in [7, 11) is 6.15. The van der Waals surface area contributed by atoms with Gasteiger partial charge in [-0.15, -0.1) is 0 Å². The van der Waals surface area contributed by atoms with E-state index in [2.05, 4.69) is 0 Å². The van der Waals surface area contributed by atoms with Crippen molar-refractivity contribution in [2.45, 2.75) is 0 Å². The normalized spacial score (nSPS) is 13.6. The van der Waals surface area contributed by atoms with Gasteiger partial charge < -0.3 is 28.7 Å². The second kappa shape index (κ2) is 9.39. The lowest BCUT2D eigenvalue weighted by Crippen LogP contribution is -2.50. The Bertz CT molecular complexity index is 846. The Morgan fingerprint density at radius 3 is 1.30 bits per heavy atom. The summed E-state index contributed by atoms with van der Waals surface area (Å²) in [5, 5.41) is 0. The van der Waals surface area contributed by atoms with Gasteiger partial charge in [-0.05, 0) is 36.4 Å². The molecule has 0 radical (unpaired) electrons. The largest absolute Gasteiger partial charge is 0.497 e. The van der Waals surface area contributed by atoms with E-state index >= 15 is 0 Å². The topological polar surface area (TPSA) is 77.5 Å². The average molecular weight is 414 g/mol. The Hall–Kier alpha value is -3.42. The third kappa shape index (κ3) is 4.27. The van der Waals surface area contributed by atoms with Crippen LogP contribution < -0.4 is 18.9 Å². The average Bonchev–Trinajstić information content (AvgIpc) is 2.82. The number of methoxy groups -OCH3 is 4. The first-order valence-electron chi connectivity index (χ1n) is 9.55. The molecule has 0 aromatic heterocycles. The fraction of sp³-hybridized carbons (Fsp3) is 0.364. The molecule has 3 rings (SSSR count). The van der Waals surface area contributed by atoms with Gasteiger partial charge in [-0.2, -0.15) is 0 Å². The van der Waals surface area contributed by atoms with E-state index in [9.17, 15) is 9.59 Å². The summed E-state index contributed by atoms with van der Waals surface area (Å²) in [5.74, 6) is 1.82. The van der Waals surface area contributed by atoms with Crippen LogP contribution in [0.15, 0.2) is 36.4 Å². The Morgan fingerprint density at radius 2 is 1.00 bits per heavy atom. The summed E-state index contributed by atoms with van der Waals surface area (Å²) in [6.07, 6.45) is 0. The van der Waals surface area contributed by atoms with Crippen molar-refractivity contribution < 1.29 is 28.5 Å². The maximum atomic E-state index is 13.0. The zero-order valence-corrected chi connectivity index (χ0v) is 17.6. The lowest BCUT2D eigenvalue weighted by molar-refractivity contribution is 0.0531. The zero-order valence-electron chi connectivity index (χ0n) is 17.6. The molecule has 2 amide bonds. The van der Waals surface area contributed by atoms with E-state index < -0.39 is 0 Å². The van der Waals surface area contributed by atoms with Crippen LogP contribution in [0.2, 0.25) is 0 Å². The molecule has 0 spiro atoms. The lowest BCUT2D eigenvalue weighted by Gasteiger charge is -2.35. The van der Waals surface area contributed by atoms with Gasteiger partial charge in [0, 0.05) is 26.2 Å². The van der Waals surface area contributed by atoms with Crippen LogP contribution in [0.1, 0.15) is 20.7 Å². The minimum Gasteiger partial charge on any atom is -0.497 e. The number of rotatable bonds is 6. The van der Waals surface area contributed by atoms with Gasteiger partial charge in [-0.3, -0.25) is 9.59 Å². The summed E-state index contributed by atoms with van der Waals surface area (Å²) in [6.45, 7) is 1.66. The molecule has 1 saturated heterocycles. The van der Waals surface area contributed by atoms with Crippen LogP contribution in [-0.4, -0.2) is 76.2 Å². The van der Waals surface area contributed by atoms with Crippen LogP contribution in [-0.2, 0) is 0 Å². The number of ether oxygens (including phenoxy) is 4. The van der Waals surface area contributed by atoms with Crippen LogP contribution in [0, 0.1) is 0 Å². The minimum atomic E-state index is -0.156. The van der Waals surface area contributed by atoms with Crippen molar-refractivity contribution in [3.8, 4) is 23.0 Å². The molecule has 1 aliphatic heterocycles. The second-order valence-corrected chi connectivity index (χ2v) is 6.72. The van der Waals surface area contributed by atoms with E-state index in [4.69, 9.17) is 18.9 Å². The summed E-state index contributed by atoms with van der Waals surface area (Å²) in [6, 6.07) is 10.2. The minimum absolute atomic E-state index is 0.156. The van der Waals surface area contributed by atoms with Crippen molar-refractivity contribution in [2.24, 2.45) is 0 Å². The first kappa shape index (κ1) is 21.3. The van der Waals surface area contributed by atoms with Gasteiger partial charge in [0.25, 0.3) is 11.8 Å². The molecule has 2 aromatic rings. The molecule has 8 heteroatoms. The highest BCUT2D eigenvalue weighted by atomic mass is 16.5. The van der Waals surface area contributed by atoms with Crippen LogP contribution in [0.25, 0.3) is 0 Å². The van der Waals surface area contributed by atoms with Crippen molar-refractivity contribution in [1.29, 1.82) is 0 Å². The van der Waals surface area contributed by atoms with Crippen LogP contribution >= 0.6 is 0 Å². The zero-order chi connectivity index (χ0) is 21.7. The van der Waals surface area contributed by atoms with Gasteiger partial charge in [0.1, 0.15) is 23.0 Å². The molecule has 1 fully saturated rings. The first-order chi connectivity index (χ1) is 14.5. The quantitative estimate of drug-likeness (QED) is 0.722. The predicted octanol–water partition coefficient (Wildman–Crippen LogP) is 2.32. The molecular formula is C22H26N2O6. The van der Waals surface area contributed by atoms with Gasteiger partial charge in [0.05, 0.1) is 39.6 Å². The first-order valence-corrected chi connectivity index (χ1v) is 9.55. The van der Waals surface area contributed by atoms with Crippen molar-refractivity contribution in [3.63, 3.8) is 0 Å². The van der Waals surface area contributed by atoms with Gasteiger partial charge in [-0.25, -0.2) is 0 Å². The second-order valence-electron chi connectivity index (χ2n) is 6.72. The monoisotopic (exact) mass is 414 g/mol. The fourth-order valence-electron chi connectivity index (χ4n) is 3.42. The molecule has 0 atom stereocenters. The number of piperazine rings is 1. The summed E-state index contributed by atoms with van der Waals surface area (Å²) >= 11 is 0. The third-order valence-electron chi connectivity index (χ3n) is 5.13. The number of benzene rings is 2. The maximum absolute atomic E-state index is 13.0. The van der Waals surface area contributed by atoms with Gasteiger partial charge in [0.2, 0.25) is 0 Å². The predicted molar refractivity (Wildman–Crippen MR) is 111 cm³/mol. The molecular weight excluding hydrogens is 388 g/mol. The molecule has 0 N–H and O–H groups in total. The molecule has 160 valence electrons. The number of carbonyl (C=O) groups excluding carboxylic acids is 2. The standard InChI is InChI=1S/C22H26N2O6/c1-27-15-5-7-19(29-3)17(13-15)21(25)23-9-11-24(12-10-23)22(26)18-14-16(28-2)6-8-20(18)30-4/h5-8,13-14H,9-12H2,1-4H3. The summed E-state index contributed by atoms with van der Waals surface area (Å²) in [5.41, 5.74) is 0.872. The molecule has 2 aromatic carbocycles. The fourth-order valence-corrected chi connectivity index (χ4v) is 3.42. The third-order valence-corrected chi connectivity index (χ3v) is 5.13. The molecule has 1 aliphatic rings. The van der Waals surface area contributed by atoms with Crippen LogP contribution in [0.4, 0.5) is 0 Å². The molecule has 0 saturated carbocycles. The highest BCUT2D eigenvalue weighted by Gasteiger charge is 2.28. The number of carbonyl (C=O) groups is 2. The van der Waals surface area contributed by atoms with Crippen molar-refractivity contribution in [1.82, 2.24) is 9.80 Å². The molecule has 8 nitrogen and oxygen atoms in total. The highest BCUT2D eigenvalue weighted by molar-refractivity contribution is 5.99. The van der Waals surface area contributed by atoms with Gasteiger partial charge in [0.15, 0.2) is 0 Å². The summed E-state index contributed by atoms with van der Waals surface area (Å²) < 4.78 is 21.1. The highest BCUT2D eigenvalue weighted by Crippen LogP contribution is 2.27. The molecule has 0 bridgehead atoms. The lowest BCUT2D eigenvalue weighted by atomic mass is 10.1. The van der Waals surface area contributed by atoms with E-state index in [1.807, 2.05) is 0 Å². The van der Waals surface area contributed by atoms with Crippen LogP contribution in [0.3, 0.4) is 0 Å². The van der Waals surface area contributed by atoms with E-state index in [1.165, 1.54) is 14.2 Å². The number of amides is 2. The number of hydrogen-bond acceptors (Lipinski definition) is 6. The smallest absolute Gasteiger partial charge is 0.257 e. The van der Waals surface area contributed by atoms with E-state index in [1.54, 1.807) is 60.4 Å². The molecule has 1 heterocycles. The molecule has 0 unspecified atom stereocenters. The van der Waals surface area contributed by atoms with Gasteiger partial charge in [-0.1, -0.05) is 0 Å². The van der Waals surface area contributed by atoms with E-state index in [0.29, 0.717) is 60.3 Å². The molecule has 30 heavy (non-hydrogen) atoms. The SMILES string of the molecule is COc1ccc(OC)c(C(=O)N2CCN(C(=O)c3cc(OC)ccc3OC)CC2)c1. The Balaban J connectivity index is 1.72.